The minimum Gasteiger partial charge on any atom is -0.390 e. The lowest BCUT2D eigenvalue weighted by molar-refractivity contribution is -0.384. The predicted molar refractivity (Wildman–Crippen MR) is 89.0 cm³/mol. The van der Waals surface area contributed by atoms with Crippen LogP contribution in [0.25, 0.3) is 21.5 Å². The Morgan fingerprint density at radius 1 is 1.04 bits per heavy atom. The molecule has 0 heterocycles. The molecule has 1 radical (unpaired) electrons. The molecule has 3 rings (SSSR count). The molecule has 0 aliphatic carbocycles. The first kappa shape index (κ1) is 15.4. The molecule has 2 atom stereocenters. The van der Waals surface area contributed by atoms with Crippen molar-refractivity contribution < 1.29 is 15.1 Å². The maximum Gasteiger partial charge on any atom is 0.283 e. The van der Waals surface area contributed by atoms with Crippen LogP contribution in [0.15, 0.2) is 48.5 Å². The van der Waals surface area contributed by atoms with Crippen LogP contribution in [0.1, 0.15) is 18.1 Å². The molecule has 0 saturated heterocycles. The Kier molecular flexibility index (Phi) is 3.98. The van der Waals surface area contributed by atoms with Crippen molar-refractivity contribution in [3.63, 3.8) is 0 Å². The van der Waals surface area contributed by atoms with Gasteiger partial charge < -0.3 is 10.2 Å². The molecule has 5 heteroatoms. The highest BCUT2D eigenvalue weighted by molar-refractivity contribution is 6.02. The molecule has 0 saturated carbocycles. The number of aliphatic hydroxyl groups is 2. The van der Waals surface area contributed by atoms with Crippen LogP contribution in [0.2, 0.25) is 0 Å². The van der Waals surface area contributed by atoms with Gasteiger partial charge in [-0.1, -0.05) is 37.3 Å². The SMILES string of the molecule is [CH2]CC(O)C(O)c1ccc2cc3ccccc3cc2c1[N+](=O)[O-]. The van der Waals surface area contributed by atoms with Crippen molar-refractivity contribution >= 4 is 27.2 Å². The van der Waals surface area contributed by atoms with Gasteiger partial charge in [-0.25, -0.2) is 0 Å². The fourth-order valence-electron chi connectivity index (χ4n) is 2.82. The Balaban J connectivity index is 2.32. The molecule has 0 bridgehead atoms. The minimum absolute atomic E-state index is 0.0636. The van der Waals surface area contributed by atoms with E-state index in [1.54, 1.807) is 12.1 Å². The van der Waals surface area contributed by atoms with Gasteiger partial charge in [-0.3, -0.25) is 10.1 Å². The Labute approximate surface area is 132 Å². The van der Waals surface area contributed by atoms with Crippen LogP contribution in [-0.4, -0.2) is 21.2 Å². The average Bonchev–Trinajstić information content (AvgIpc) is 2.57. The van der Waals surface area contributed by atoms with Crippen LogP contribution < -0.4 is 0 Å². The van der Waals surface area contributed by atoms with E-state index in [2.05, 4.69) is 6.92 Å². The summed E-state index contributed by atoms with van der Waals surface area (Å²) in [6.07, 6.45) is -2.43. The first-order chi connectivity index (χ1) is 11.0. The Hall–Kier alpha value is -2.50. The van der Waals surface area contributed by atoms with E-state index in [1.165, 1.54) is 6.07 Å². The molecule has 2 N–H and O–H groups in total. The van der Waals surface area contributed by atoms with E-state index < -0.39 is 17.1 Å². The monoisotopic (exact) mass is 310 g/mol. The van der Waals surface area contributed by atoms with E-state index in [1.807, 2.05) is 30.3 Å². The Morgan fingerprint density at radius 2 is 1.70 bits per heavy atom. The standard InChI is InChI=1S/C18H16NO4/c1-2-16(20)18(21)14-8-7-13-9-11-5-3-4-6-12(11)10-15(13)17(14)19(22)23/h3-10,16,18,20-21H,1-2H2. The fraction of sp³-hybridized carbons (Fsp3) is 0.167. The normalized spacial score (nSPS) is 14.0. The molecule has 0 aliphatic rings. The van der Waals surface area contributed by atoms with Crippen molar-refractivity contribution in [1.82, 2.24) is 0 Å². The van der Waals surface area contributed by atoms with Gasteiger partial charge >= 0.3 is 0 Å². The van der Waals surface area contributed by atoms with Crippen molar-refractivity contribution in [2.75, 3.05) is 0 Å². The summed E-state index contributed by atoms with van der Waals surface area (Å²) in [4.78, 5) is 11.1. The molecule has 0 aromatic heterocycles. The number of rotatable bonds is 4. The quantitative estimate of drug-likeness (QED) is 0.439. The number of hydrogen-bond donors (Lipinski definition) is 2. The Morgan fingerprint density at radius 3 is 2.30 bits per heavy atom. The van der Waals surface area contributed by atoms with Gasteiger partial charge in [0.1, 0.15) is 6.10 Å². The van der Waals surface area contributed by atoms with Crippen molar-refractivity contribution in [1.29, 1.82) is 0 Å². The van der Waals surface area contributed by atoms with Gasteiger partial charge in [0.05, 0.1) is 22.0 Å². The lowest BCUT2D eigenvalue weighted by Crippen LogP contribution is -2.18. The number of nitro groups is 1. The van der Waals surface area contributed by atoms with Crippen LogP contribution in [-0.2, 0) is 0 Å². The average molecular weight is 310 g/mol. The zero-order chi connectivity index (χ0) is 16.6. The smallest absolute Gasteiger partial charge is 0.283 e. The summed E-state index contributed by atoms with van der Waals surface area (Å²) in [5, 5.41) is 34.6. The van der Waals surface area contributed by atoms with Crippen LogP contribution in [0.5, 0.6) is 0 Å². The van der Waals surface area contributed by atoms with Crippen molar-refractivity contribution in [2.45, 2.75) is 18.6 Å². The number of benzene rings is 3. The van der Waals surface area contributed by atoms with Crippen molar-refractivity contribution in [2.24, 2.45) is 0 Å². The molecule has 117 valence electrons. The molecule has 2 unspecified atom stereocenters. The van der Waals surface area contributed by atoms with Gasteiger partial charge in [0.25, 0.3) is 5.69 Å². The molecule has 0 fully saturated rings. The first-order valence-electron chi connectivity index (χ1n) is 7.28. The summed E-state index contributed by atoms with van der Waals surface area (Å²) >= 11 is 0. The van der Waals surface area contributed by atoms with Crippen molar-refractivity contribution in [3.05, 3.63) is 71.1 Å². The third kappa shape index (κ3) is 2.65. The molecule has 0 amide bonds. The number of aliphatic hydroxyl groups excluding tert-OH is 2. The van der Waals surface area contributed by atoms with Gasteiger partial charge in [0, 0.05) is 0 Å². The first-order valence-corrected chi connectivity index (χ1v) is 7.28. The minimum atomic E-state index is -1.34. The van der Waals surface area contributed by atoms with Crippen LogP contribution in [0, 0.1) is 17.0 Å². The van der Waals surface area contributed by atoms with Crippen LogP contribution in [0.4, 0.5) is 5.69 Å². The van der Waals surface area contributed by atoms with E-state index >= 15 is 0 Å². The van der Waals surface area contributed by atoms with Crippen LogP contribution >= 0.6 is 0 Å². The summed E-state index contributed by atoms with van der Waals surface area (Å²) in [5.41, 5.74) is -0.0674. The zero-order valence-electron chi connectivity index (χ0n) is 12.3. The second kappa shape index (κ2) is 5.95. The highest BCUT2D eigenvalue weighted by Gasteiger charge is 2.27. The van der Waals surface area contributed by atoms with E-state index in [0.29, 0.717) is 5.39 Å². The van der Waals surface area contributed by atoms with Gasteiger partial charge in [-0.15, -0.1) is 0 Å². The van der Waals surface area contributed by atoms with Gasteiger partial charge in [-0.2, -0.15) is 0 Å². The number of hydrogen-bond acceptors (Lipinski definition) is 4. The van der Waals surface area contributed by atoms with Gasteiger partial charge in [0.15, 0.2) is 0 Å². The molecule has 3 aromatic carbocycles. The summed E-state index contributed by atoms with van der Waals surface area (Å²) < 4.78 is 0. The zero-order valence-corrected chi connectivity index (χ0v) is 12.3. The molecule has 3 aromatic rings. The van der Waals surface area contributed by atoms with E-state index in [0.717, 1.165) is 16.2 Å². The summed E-state index contributed by atoms with van der Waals surface area (Å²) in [5.74, 6) is 0. The summed E-state index contributed by atoms with van der Waals surface area (Å²) in [7, 11) is 0. The third-order valence-electron chi connectivity index (χ3n) is 4.05. The molecular formula is C18H16NO4. The molecule has 5 nitrogen and oxygen atoms in total. The second-order valence-electron chi connectivity index (χ2n) is 5.48. The Bertz CT molecular complexity index is 891. The topological polar surface area (TPSA) is 83.6 Å². The molecular weight excluding hydrogens is 294 g/mol. The van der Waals surface area contributed by atoms with Crippen LogP contribution in [0.3, 0.4) is 0 Å². The van der Waals surface area contributed by atoms with E-state index in [9.17, 15) is 20.3 Å². The van der Waals surface area contributed by atoms with Gasteiger partial charge in [-0.05, 0) is 40.8 Å². The highest BCUT2D eigenvalue weighted by atomic mass is 16.6. The highest BCUT2D eigenvalue weighted by Crippen LogP contribution is 2.36. The second-order valence-corrected chi connectivity index (χ2v) is 5.48. The van der Waals surface area contributed by atoms with E-state index in [4.69, 9.17) is 0 Å². The van der Waals surface area contributed by atoms with E-state index in [-0.39, 0.29) is 17.7 Å². The third-order valence-corrected chi connectivity index (χ3v) is 4.05. The number of nitrogens with zero attached hydrogens (tertiary/aromatic N) is 1. The van der Waals surface area contributed by atoms with Crippen molar-refractivity contribution in [3.8, 4) is 0 Å². The largest absolute Gasteiger partial charge is 0.390 e. The fourth-order valence-corrected chi connectivity index (χ4v) is 2.82. The number of nitro benzene ring substituents is 1. The molecule has 23 heavy (non-hydrogen) atoms. The molecule has 0 spiro atoms. The predicted octanol–water partition coefficient (Wildman–Crippen LogP) is 3.52. The maximum atomic E-state index is 11.6. The summed E-state index contributed by atoms with van der Waals surface area (Å²) in [6.45, 7) is 3.53. The summed E-state index contributed by atoms with van der Waals surface area (Å²) in [6, 6.07) is 14.4. The maximum absolute atomic E-state index is 11.6. The lowest BCUT2D eigenvalue weighted by atomic mass is 9.95. The molecule has 0 aliphatic heterocycles. The van der Waals surface area contributed by atoms with Gasteiger partial charge in [0.2, 0.25) is 0 Å². The lowest BCUT2D eigenvalue weighted by Gasteiger charge is -2.17. The number of fused-ring (bicyclic) bond motifs is 2.